The van der Waals surface area contributed by atoms with Crippen molar-refractivity contribution in [1.29, 1.82) is 0 Å². The van der Waals surface area contributed by atoms with Gasteiger partial charge in [0.25, 0.3) is 0 Å². The molecule has 12 heteroatoms. The fourth-order valence-corrected chi connectivity index (χ4v) is 4.64. The van der Waals surface area contributed by atoms with Gasteiger partial charge in [0.05, 0.1) is 18.7 Å². The number of alkyl halides is 3. The van der Waals surface area contributed by atoms with Crippen molar-refractivity contribution < 1.29 is 36.4 Å². The fourth-order valence-electron chi connectivity index (χ4n) is 4.64. The van der Waals surface area contributed by atoms with Gasteiger partial charge >= 0.3 is 12.4 Å². The third-order valence-corrected chi connectivity index (χ3v) is 6.20. The summed E-state index contributed by atoms with van der Waals surface area (Å²) in [4.78, 5) is 33.5. The number of amides is 3. The molecule has 1 aromatic carbocycles. The number of halogens is 3. The zero-order valence-corrected chi connectivity index (χ0v) is 18.4. The summed E-state index contributed by atoms with van der Waals surface area (Å²) in [6.45, 7) is 0.0377. The molecule has 184 valence electrons. The third-order valence-electron chi connectivity index (χ3n) is 6.20. The van der Waals surface area contributed by atoms with Crippen molar-refractivity contribution in [3.05, 3.63) is 54.3 Å². The molecule has 9 nitrogen and oxygen atoms in total. The van der Waals surface area contributed by atoms with Crippen LogP contribution < -0.4 is 4.74 Å². The monoisotopic (exact) mass is 490 g/mol. The van der Waals surface area contributed by atoms with E-state index in [0.717, 1.165) is 25.0 Å². The Hall–Kier alpha value is -3.83. The minimum absolute atomic E-state index is 0.00417. The number of fused-ring (bicyclic) bond motifs is 1. The van der Waals surface area contributed by atoms with Crippen molar-refractivity contribution >= 4 is 11.9 Å². The van der Waals surface area contributed by atoms with E-state index in [-0.39, 0.29) is 48.4 Å². The Bertz CT molecular complexity index is 1190. The topological polar surface area (TPSA) is 102 Å². The Kier molecular flexibility index (Phi) is 5.95. The van der Waals surface area contributed by atoms with Crippen LogP contribution in [-0.2, 0) is 17.9 Å². The number of hydrogen-bond acceptors (Lipinski definition) is 7. The van der Waals surface area contributed by atoms with Gasteiger partial charge in [0.2, 0.25) is 17.6 Å². The number of carbonyl (C=O) groups excluding carboxylic acids is 2. The van der Waals surface area contributed by atoms with Gasteiger partial charge < -0.3 is 18.6 Å². The summed E-state index contributed by atoms with van der Waals surface area (Å²) in [6.07, 6.45) is -0.121. The quantitative estimate of drug-likeness (QED) is 0.491. The van der Waals surface area contributed by atoms with Crippen LogP contribution in [0.2, 0.25) is 0 Å². The molecule has 1 aliphatic carbocycles. The molecule has 0 N–H and O–H groups in total. The smallest absolute Gasteiger partial charge is 0.467 e. The van der Waals surface area contributed by atoms with Crippen molar-refractivity contribution in [2.24, 2.45) is 5.92 Å². The van der Waals surface area contributed by atoms with E-state index < -0.39 is 12.4 Å². The molecule has 0 radical (unpaired) electrons. The van der Waals surface area contributed by atoms with E-state index in [1.807, 2.05) is 0 Å². The summed E-state index contributed by atoms with van der Waals surface area (Å²) in [5.74, 6) is -0.0838. The molecule has 0 bridgehead atoms. The van der Waals surface area contributed by atoms with Crippen molar-refractivity contribution in [3.63, 3.8) is 0 Å². The number of furan rings is 1. The molecule has 3 aromatic rings. The Morgan fingerprint density at radius 3 is 2.54 bits per heavy atom. The standard InChI is InChI=1S/C23H21F3N4O5/c24-23(25,26)34-15-9-7-14(8-10-15)20-27-19(35-28-20)13-29-18-6-2-1-5-17(18)21(31)30(22(29)32)12-16-4-3-11-33-16/h3-4,7-11,17-18H,1-2,5-6,12-13H2. The van der Waals surface area contributed by atoms with Crippen LogP contribution in [0.4, 0.5) is 18.0 Å². The molecular weight excluding hydrogens is 469 g/mol. The number of benzene rings is 1. The molecule has 2 aliphatic rings. The lowest BCUT2D eigenvalue weighted by Gasteiger charge is -2.46. The van der Waals surface area contributed by atoms with Crippen molar-refractivity contribution in [2.45, 2.75) is 51.2 Å². The van der Waals surface area contributed by atoms with E-state index in [9.17, 15) is 22.8 Å². The number of carbonyl (C=O) groups is 2. The van der Waals surface area contributed by atoms with E-state index in [0.29, 0.717) is 24.2 Å². The van der Waals surface area contributed by atoms with Gasteiger partial charge in [-0.2, -0.15) is 4.98 Å². The fraction of sp³-hybridized carbons (Fsp3) is 0.391. The highest BCUT2D eigenvalue weighted by Crippen LogP contribution is 2.36. The molecule has 2 atom stereocenters. The van der Waals surface area contributed by atoms with Crippen LogP contribution in [0.5, 0.6) is 5.75 Å². The highest BCUT2D eigenvalue weighted by Gasteiger charge is 2.47. The first kappa shape index (κ1) is 22.9. The molecule has 1 saturated carbocycles. The Balaban J connectivity index is 1.34. The number of imide groups is 1. The van der Waals surface area contributed by atoms with Gasteiger partial charge in [-0.3, -0.25) is 9.69 Å². The van der Waals surface area contributed by atoms with E-state index in [1.54, 1.807) is 17.0 Å². The number of urea groups is 1. The molecule has 1 saturated heterocycles. The average Bonchev–Trinajstić information content (AvgIpc) is 3.51. The van der Waals surface area contributed by atoms with Crippen LogP contribution in [0.15, 0.2) is 51.6 Å². The van der Waals surface area contributed by atoms with Crippen molar-refractivity contribution in [3.8, 4) is 17.1 Å². The first-order valence-electron chi connectivity index (χ1n) is 11.1. The molecule has 3 heterocycles. The number of aromatic nitrogens is 2. The maximum Gasteiger partial charge on any atom is 0.573 e. The van der Waals surface area contributed by atoms with Crippen LogP contribution in [0.1, 0.15) is 37.3 Å². The second-order valence-corrected chi connectivity index (χ2v) is 8.46. The normalized spacial score (nSPS) is 20.8. The predicted molar refractivity (Wildman–Crippen MR) is 112 cm³/mol. The lowest BCUT2D eigenvalue weighted by Crippen LogP contribution is -2.61. The highest BCUT2D eigenvalue weighted by molar-refractivity contribution is 5.98. The van der Waals surface area contributed by atoms with Crippen LogP contribution in [0.25, 0.3) is 11.4 Å². The SMILES string of the molecule is O=C1C2CCCCC2N(Cc2nc(-c3ccc(OC(F)(F)F)cc3)no2)C(=O)N1Cc1ccco1. The Labute approximate surface area is 197 Å². The second-order valence-electron chi connectivity index (χ2n) is 8.46. The molecule has 0 spiro atoms. The van der Waals surface area contributed by atoms with Gasteiger partial charge in [-0.25, -0.2) is 4.79 Å². The summed E-state index contributed by atoms with van der Waals surface area (Å²) in [7, 11) is 0. The molecule has 2 unspecified atom stereocenters. The average molecular weight is 490 g/mol. The van der Waals surface area contributed by atoms with E-state index in [2.05, 4.69) is 14.9 Å². The highest BCUT2D eigenvalue weighted by atomic mass is 19.4. The van der Waals surface area contributed by atoms with Gasteiger partial charge in [0.15, 0.2) is 0 Å². The van der Waals surface area contributed by atoms with E-state index >= 15 is 0 Å². The number of hydrogen-bond donors (Lipinski definition) is 0. The summed E-state index contributed by atoms with van der Waals surface area (Å²) in [6, 6.07) is 7.72. The zero-order valence-electron chi connectivity index (χ0n) is 18.4. The van der Waals surface area contributed by atoms with Crippen molar-refractivity contribution in [1.82, 2.24) is 19.9 Å². The van der Waals surface area contributed by atoms with Gasteiger partial charge in [-0.1, -0.05) is 18.0 Å². The lowest BCUT2D eigenvalue weighted by molar-refractivity contribution is -0.274. The molecular formula is C23H21F3N4O5. The van der Waals surface area contributed by atoms with Gasteiger partial charge in [0, 0.05) is 11.6 Å². The van der Waals surface area contributed by atoms with E-state index in [1.165, 1.54) is 23.3 Å². The largest absolute Gasteiger partial charge is 0.573 e. The summed E-state index contributed by atoms with van der Waals surface area (Å²) in [5, 5.41) is 3.90. The van der Waals surface area contributed by atoms with E-state index in [4.69, 9.17) is 8.94 Å². The Morgan fingerprint density at radius 1 is 1.06 bits per heavy atom. The molecule has 2 fully saturated rings. The lowest BCUT2D eigenvalue weighted by atomic mass is 9.81. The molecule has 2 aromatic heterocycles. The predicted octanol–water partition coefficient (Wildman–Crippen LogP) is 4.75. The van der Waals surface area contributed by atoms with Gasteiger partial charge in [0.1, 0.15) is 18.1 Å². The summed E-state index contributed by atoms with van der Waals surface area (Å²) < 4.78 is 51.7. The Morgan fingerprint density at radius 2 is 1.83 bits per heavy atom. The van der Waals surface area contributed by atoms with Crippen LogP contribution in [0, 0.1) is 5.92 Å². The van der Waals surface area contributed by atoms with Crippen LogP contribution >= 0.6 is 0 Å². The number of nitrogens with zero attached hydrogens (tertiary/aromatic N) is 4. The minimum Gasteiger partial charge on any atom is -0.467 e. The molecule has 35 heavy (non-hydrogen) atoms. The van der Waals surface area contributed by atoms with Gasteiger partial charge in [-0.05, 0) is 49.2 Å². The summed E-state index contributed by atoms with van der Waals surface area (Å²) >= 11 is 0. The number of ether oxygens (including phenoxy) is 1. The van der Waals surface area contributed by atoms with Crippen LogP contribution in [0.3, 0.4) is 0 Å². The molecule has 3 amide bonds. The maximum absolute atomic E-state index is 13.3. The first-order chi connectivity index (χ1) is 16.8. The molecule has 5 rings (SSSR count). The second kappa shape index (κ2) is 9.08. The first-order valence-corrected chi connectivity index (χ1v) is 11.1. The van der Waals surface area contributed by atoms with Crippen LogP contribution in [-0.4, -0.2) is 44.3 Å². The van der Waals surface area contributed by atoms with Gasteiger partial charge in [-0.15, -0.1) is 13.2 Å². The minimum atomic E-state index is -4.79. The van der Waals surface area contributed by atoms with Crippen molar-refractivity contribution in [2.75, 3.05) is 0 Å². The number of rotatable bonds is 6. The summed E-state index contributed by atoms with van der Waals surface area (Å²) in [5.41, 5.74) is 0.421. The molecule has 1 aliphatic heterocycles. The zero-order chi connectivity index (χ0) is 24.6. The maximum atomic E-state index is 13.3. The third kappa shape index (κ3) is 4.86.